The van der Waals surface area contributed by atoms with Crippen molar-refractivity contribution >= 4 is 6.29 Å². The maximum absolute atomic E-state index is 8.81. The van der Waals surface area contributed by atoms with Gasteiger partial charge < -0.3 is 9.53 Å². The maximum atomic E-state index is 8.81. The topological polar surface area (TPSA) is 29.5 Å². The van der Waals surface area contributed by atoms with Gasteiger partial charge in [-0.15, -0.1) is 0 Å². The first-order valence-electron chi connectivity index (χ1n) is 5.95. The number of benzene rings is 1. The van der Waals surface area contributed by atoms with Crippen molar-refractivity contribution in [2.75, 3.05) is 14.2 Å². The van der Waals surface area contributed by atoms with Gasteiger partial charge in [0, 0.05) is 13.1 Å². The molecule has 1 aromatic carbocycles. The molecule has 0 aromatic heterocycles. The van der Waals surface area contributed by atoms with E-state index >= 15 is 0 Å². The Bertz CT molecular complexity index is 337. The standard InChI is InChI=1S/C10H13NO.C2H4O.C2H6/c1-11-6-8-3-4-10(12-2)5-9(8)7-11;1-2-3;1-2/h3-5H,6-7H2,1-2H3;2H,1H3;1-2H3. The van der Waals surface area contributed by atoms with E-state index in [0.29, 0.717) is 0 Å². The van der Waals surface area contributed by atoms with Crippen LogP contribution in [-0.4, -0.2) is 25.3 Å². The lowest BCUT2D eigenvalue weighted by atomic mass is 10.1. The van der Waals surface area contributed by atoms with Gasteiger partial charge in [0.25, 0.3) is 0 Å². The molecule has 3 heteroatoms. The van der Waals surface area contributed by atoms with Crippen LogP contribution in [0.2, 0.25) is 0 Å². The number of hydrogen-bond acceptors (Lipinski definition) is 3. The number of hydrogen-bond donors (Lipinski definition) is 0. The molecular weight excluding hydrogens is 214 g/mol. The number of fused-ring (bicyclic) bond motifs is 1. The number of aldehydes is 1. The van der Waals surface area contributed by atoms with Crippen molar-refractivity contribution in [2.45, 2.75) is 33.9 Å². The SMILES string of the molecule is CC.CC=O.COc1ccc2c(c1)CN(C)C2. The minimum atomic E-state index is 0.750. The van der Waals surface area contributed by atoms with E-state index in [-0.39, 0.29) is 0 Å². The zero-order valence-electron chi connectivity index (χ0n) is 11.5. The number of methoxy groups -OCH3 is 1. The Hall–Kier alpha value is -1.35. The van der Waals surface area contributed by atoms with Crippen LogP contribution < -0.4 is 4.74 Å². The number of rotatable bonds is 1. The molecule has 0 fully saturated rings. The van der Waals surface area contributed by atoms with Crippen molar-refractivity contribution in [3.63, 3.8) is 0 Å². The van der Waals surface area contributed by atoms with Gasteiger partial charge in [-0.1, -0.05) is 19.9 Å². The van der Waals surface area contributed by atoms with Crippen molar-refractivity contribution in [1.29, 1.82) is 0 Å². The summed E-state index contributed by atoms with van der Waals surface area (Å²) in [6, 6.07) is 6.30. The number of nitrogens with zero attached hydrogens (tertiary/aromatic N) is 1. The van der Waals surface area contributed by atoms with Crippen LogP contribution in [0.4, 0.5) is 0 Å². The minimum absolute atomic E-state index is 0.750. The first-order valence-corrected chi connectivity index (χ1v) is 5.95. The van der Waals surface area contributed by atoms with Crippen LogP contribution >= 0.6 is 0 Å². The van der Waals surface area contributed by atoms with Crippen LogP contribution in [0.1, 0.15) is 31.9 Å². The molecule has 0 spiro atoms. The monoisotopic (exact) mass is 237 g/mol. The average molecular weight is 237 g/mol. The summed E-state index contributed by atoms with van der Waals surface area (Å²) in [6.07, 6.45) is 0.750. The second kappa shape index (κ2) is 8.76. The number of ether oxygens (including phenoxy) is 1. The molecule has 17 heavy (non-hydrogen) atoms. The van der Waals surface area contributed by atoms with Gasteiger partial charge in [0.15, 0.2) is 0 Å². The van der Waals surface area contributed by atoms with Crippen molar-refractivity contribution < 1.29 is 9.53 Å². The van der Waals surface area contributed by atoms with Gasteiger partial charge in [0.1, 0.15) is 12.0 Å². The van der Waals surface area contributed by atoms with Gasteiger partial charge in [-0.25, -0.2) is 0 Å². The van der Waals surface area contributed by atoms with Crippen LogP contribution in [0.5, 0.6) is 5.75 Å². The second-order valence-corrected chi connectivity index (χ2v) is 3.54. The number of carbonyl (C=O) groups excluding carboxylic acids is 1. The Morgan fingerprint density at radius 3 is 2.29 bits per heavy atom. The third kappa shape index (κ3) is 5.00. The fraction of sp³-hybridized carbons (Fsp3) is 0.500. The largest absolute Gasteiger partial charge is 0.497 e. The zero-order chi connectivity index (χ0) is 13.3. The highest BCUT2D eigenvalue weighted by atomic mass is 16.5. The van der Waals surface area contributed by atoms with Crippen LogP contribution in [0.15, 0.2) is 18.2 Å². The third-order valence-electron chi connectivity index (χ3n) is 2.29. The van der Waals surface area contributed by atoms with E-state index in [2.05, 4.69) is 24.1 Å². The third-order valence-corrected chi connectivity index (χ3v) is 2.29. The number of carbonyl (C=O) groups is 1. The quantitative estimate of drug-likeness (QED) is 0.703. The van der Waals surface area contributed by atoms with Crippen LogP contribution in [0, 0.1) is 0 Å². The maximum Gasteiger partial charge on any atom is 0.119 e. The van der Waals surface area contributed by atoms with Gasteiger partial charge in [0.05, 0.1) is 7.11 Å². The lowest BCUT2D eigenvalue weighted by Crippen LogP contribution is -2.07. The minimum Gasteiger partial charge on any atom is -0.497 e. The molecule has 0 saturated carbocycles. The van der Waals surface area contributed by atoms with E-state index in [0.717, 1.165) is 25.1 Å². The average Bonchev–Trinajstić information content (AvgIpc) is 2.71. The van der Waals surface area contributed by atoms with Gasteiger partial charge in [-0.3, -0.25) is 4.90 Å². The Morgan fingerprint density at radius 2 is 1.76 bits per heavy atom. The molecule has 3 nitrogen and oxygen atoms in total. The molecule has 0 radical (unpaired) electrons. The van der Waals surface area contributed by atoms with Crippen LogP contribution in [0.3, 0.4) is 0 Å². The molecule has 0 N–H and O–H groups in total. The molecule has 0 saturated heterocycles. The van der Waals surface area contributed by atoms with Gasteiger partial charge in [-0.05, 0) is 37.2 Å². The summed E-state index contributed by atoms with van der Waals surface area (Å²) >= 11 is 0. The summed E-state index contributed by atoms with van der Waals surface area (Å²) in [6.45, 7) is 7.56. The lowest BCUT2D eigenvalue weighted by molar-refractivity contribution is -0.106. The fourth-order valence-electron chi connectivity index (χ4n) is 1.67. The predicted molar refractivity (Wildman–Crippen MR) is 71.3 cm³/mol. The smallest absolute Gasteiger partial charge is 0.119 e. The predicted octanol–water partition coefficient (Wildman–Crippen LogP) is 2.87. The fourth-order valence-corrected chi connectivity index (χ4v) is 1.67. The molecule has 1 aliphatic heterocycles. The highest BCUT2D eigenvalue weighted by Gasteiger charge is 2.15. The molecule has 0 unspecified atom stereocenters. The molecule has 96 valence electrons. The Kier molecular flexibility index (Phi) is 8.07. The summed E-state index contributed by atoms with van der Waals surface area (Å²) in [7, 11) is 3.84. The molecule has 1 aliphatic rings. The van der Waals surface area contributed by atoms with Gasteiger partial charge >= 0.3 is 0 Å². The highest BCUT2D eigenvalue weighted by molar-refractivity contribution is 5.44. The van der Waals surface area contributed by atoms with Crippen molar-refractivity contribution in [3.05, 3.63) is 29.3 Å². The first kappa shape index (κ1) is 15.7. The normalized spacial score (nSPS) is 12.5. The van der Waals surface area contributed by atoms with E-state index in [1.807, 2.05) is 19.9 Å². The van der Waals surface area contributed by atoms with Gasteiger partial charge in [0.2, 0.25) is 0 Å². The van der Waals surface area contributed by atoms with Crippen molar-refractivity contribution in [1.82, 2.24) is 4.90 Å². The van der Waals surface area contributed by atoms with Crippen molar-refractivity contribution in [3.8, 4) is 5.75 Å². The van der Waals surface area contributed by atoms with Gasteiger partial charge in [-0.2, -0.15) is 0 Å². The summed E-state index contributed by atoms with van der Waals surface area (Å²) in [5, 5.41) is 0. The molecule has 0 atom stereocenters. The molecule has 0 amide bonds. The Balaban J connectivity index is 0.000000450. The molecular formula is C14H23NO2. The summed E-state index contributed by atoms with van der Waals surface area (Å²) in [5.41, 5.74) is 2.83. The summed E-state index contributed by atoms with van der Waals surface area (Å²) < 4.78 is 5.16. The first-order chi connectivity index (χ1) is 8.21. The van der Waals surface area contributed by atoms with E-state index in [4.69, 9.17) is 9.53 Å². The van der Waals surface area contributed by atoms with Crippen LogP contribution in [-0.2, 0) is 17.9 Å². The van der Waals surface area contributed by atoms with E-state index in [1.165, 1.54) is 18.1 Å². The van der Waals surface area contributed by atoms with E-state index < -0.39 is 0 Å². The molecule has 1 heterocycles. The molecule has 2 rings (SSSR count). The van der Waals surface area contributed by atoms with E-state index in [9.17, 15) is 0 Å². The van der Waals surface area contributed by atoms with Crippen LogP contribution in [0.25, 0.3) is 0 Å². The van der Waals surface area contributed by atoms with Crippen molar-refractivity contribution in [2.24, 2.45) is 0 Å². The Labute approximate surface area is 104 Å². The second-order valence-electron chi connectivity index (χ2n) is 3.54. The summed E-state index contributed by atoms with van der Waals surface area (Å²) in [4.78, 5) is 11.1. The lowest BCUT2D eigenvalue weighted by Gasteiger charge is -2.02. The van der Waals surface area contributed by atoms with E-state index in [1.54, 1.807) is 7.11 Å². The highest BCUT2D eigenvalue weighted by Crippen LogP contribution is 2.25. The molecule has 0 bridgehead atoms. The molecule has 0 aliphatic carbocycles. The zero-order valence-corrected chi connectivity index (χ0v) is 11.5. The molecule has 1 aromatic rings. The summed E-state index contributed by atoms with van der Waals surface area (Å²) in [5.74, 6) is 0.962. The Morgan fingerprint density at radius 1 is 1.24 bits per heavy atom.